The first-order valence-electron chi connectivity index (χ1n) is 10.3. The van der Waals surface area contributed by atoms with Crippen LogP contribution in [0.25, 0.3) is 0 Å². The molecule has 1 aliphatic rings. The van der Waals surface area contributed by atoms with Crippen LogP contribution in [0.2, 0.25) is 0 Å². The maximum absolute atomic E-state index is 12.3. The van der Waals surface area contributed by atoms with Crippen molar-refractivity contribution in [1.82, 2.24) is 19.5 Å². The van der Waals surface area contributed by atoms with Gasteiger partial charge in [0.25, 0.3) is 5.56 Å². The third-order valence-electron chi connectivity index (χ3n) is 5.03. The zero-order valence-electron chi connectivity index (χ0n) is 17.6. The van der Waals surface area contributed by atoms with Gasteiger partial charge in [0.1, 0.15) is 12.4 Å². The molecule has 0 atom stereocenters. The van der Waals surface area contributed by atoms with E-state index in [1.165, 1.54) is 29.8 Å². The molecule has 0 saturated carbocycles. The lowest BCUT2D eigenvalue weighted by atomic mass is 10.2. The van der Waals surface area contributed by atoms with Crippen LogP contribution in [-0.2, 0) is 11.3 Å². The average Bonchev–Trinajstić information content (AvgIpc) is 3.26. The molecule has 4 rings (SSSR count). The van der Waals surface area contributed by atoms with Crippen molar-refractivity contribution in [2.45, 2.75) is 33.2 Å². The highest BCUT2D eigenvalue weighted by Gasteiger charge is 2.15. The molecule has 1 aliphatic heterocycles. The Morgan fingerprint density at radius 2 is 1.71 bits per heavy atom. The average molecular weight is 419 g/mol. The molecule has 9 nitrogen and oxygen atoms in total. The first-order chi connectivity index (χ1) is 15.0. The van der Waals surface area contributed by atoms with E-state index < -0.39 is 0 Å². The predicted octanol–water partition coefficient (Wildman–Crippen LogP) is 2.63. The summed E-state index contributed by atoms with van der Waals surface area (Å²) in [5.74, 6) is 1.19. The summed E-state index contributed by atoms with van der Waals surface area (Å²) < 4.78 is 1.27. The van der Waals surface area contributed by atoms with Crippen LogP contribution in [-0.4, -0.2) is 38.5 Å². The van der Waals surface area contributed by atoms with Gasteiger partial charge in [0.2, 0.25) is 11.9 Å². The molecule has 2 N–H and O–H groups in total. The number of aromatic nitrogens is 4. The molecule has 160 valence electrons. The van der Waals surface area contributed by atoms with E-state index in [9.17, 15) is 9.59 Å². The topological polar surface area (TPSA) is 105 Å². The number of nitrogens with one attached hydrogen (secondary N) is 2. The first-order valence-corrected chi connectivity index (χ1v) is 10.3. The van der Waals surface area contributed by atoms with E-state index in [1.807, 2.05) is 25.1 Å². The number of hydrogen-bond donors (Lipinski definition) is 2. The molecule has 3 heterocycles. The van der Waals surface area contributed by atoms with Gasteiger partial charge in [-0.2, -0.15) is 4.98 Å². The van der Waals surface area contributed by atoms with Gasteiger partial charge in [-0.3, -0.25) is 14.2 Å². The Kier molecular flexibility index (Phi) is 5.92. The lowest BCUT2D eigenvalue weighted by Gasteiger charge is -2.17. The number of amides is 1. The molecule has 1 saturated heterocycles. The van der Waals surface area contributed by atoms with Crippen molar-refractivity contribution < 1.29 is 4.79 Å². The van der Waals surface area contributed by atoms with Gasteiger partial charge in [-0.05, 0) is 51.0 Å². The minimum absolute atomic E-state index is 0.0947. The van der Waals surface area contributed by atoms with E-state index in [1.54, 1.807) is 19.1 Å². The van der Waals surface area contributed by atoms with E-state index in [2.05, 4.69) is 30.5 Å². The molecule has 0 spiro atoms. The maximum Gasteiger partial charge on any atom is 0.253 e. The minimum Gasteiger partial charge on any atom is -0.356 e. The van der Waals surface area contributed by atoms with Gasteiger partial charge >= 0.3 is 0 Å². The Morgan fingerprint density at radius 1 is 1.00 bits per heavy atom. The van der Waals surface area contributed by atoms with E-state index >= 15 is 0 Å². The Morgan fingerprint density at radius 3 is 2.42 bits per heavy atom. The van der Waals surface area contributed by atoms with Gasteiger partial charge in [-0.15, -0.1) is 0 Å². The highest BCUT2D eigenvalue weighted by molar-refractivity contribution is 5.90. The van der Waals surface area contributed by atoms with Crippen molar-refractivity contribution in [3.8, 4) is 0 Å². The Hall–Kier alpha value is -3.75. The van der Waals surface area contributed by atoms with Crippen LogP contribution < -0.4 is 21.1 Å². The van der Waals surface area contributed by atoms with Crippen molar-refractivity contribution in [1.29, 1.82) is 0 Å². The first kappa shape index (κ1) is 20.5. The molecule has 0 radical (unpaired) electrons. The van der Waals surface area contributed by atoms with Gasteiger partial charge in [0.15, 0.2) is 0 Å². The number of benzene rings is 1. The number of carbonyl (C=O) groups excluding carboxylic acids is 1. The minimum atomic E-state index is -0.300. The summed E-state index contributed by atoms with van der Waals surface area (Å²) in [4.78, 5) is 39.6. The monoisotopic (exact) mass is 419 g/mol. The number of anilines is 4. The summed E-state index contributed by atoms with van der Waals surface area (Å²) >= 11 is 0. The number of aryl methyl sites for hydroxylation is 2. The second kappa shape index (κ2) is 8.95. The van der Waals surface area contributed by atoms with E-state index in [4.69, 9.17) is 0 Å². The Bertz CT molecular complexity index is 1140. The molecule has 0 unspecified atom stereocenters. The number of hydrogen-bond acceptors (Lipinski definition) is 7. The molecule has 1 aromatic carbocycles. The second-order valence-electron chi connectivity index (χ2n) is 7.63. The van der Waals surface area contributed by atoms with E-state index in [-0.39, 0.29) is 18.0 Å². The fourth-order valence-corrected chi connectivity index (χ4v) is 3.47. The third-order valence-corrected chi connectivity index (χ3v) is 5.03. The van der Waals surface area contributed by atoms with Gasteiger partial charge in [-0.25, -0.2) is 9.97 Å². The number of nitrogens with zero attached hydrogens (tertiary/aromatic N) is 5. The second-order valence-corrected chi connectivity index (χ2v) is 7.63. The highest BCUT2D eigenvalue weighted by Crippen LogP contribution is 2.22. The number of carbonyl (C=O) groups is 1. The third kappa shape index (κ3) is 5.25. The molecule has 31 heavy (non-hydrogen) atoms. The predicted molar refractivity (Wildman–Crippen MR) is 120 cm³/mol. The van der Waals surface area contributed by atoms with Crippen molar-refractivity contribution >= 4 is 29.0 Å². The SMILES string of the molecule is Cc1cc(=O)n(CC(=O)Nc2ccc(Nc3nc(C)cc(N4CCCC4)n3)cc2)cn1. The summed E-state index contributed by atoms with van der Waals surface area (Å²) in [6, 6.07) is 10.7. The lowest BCUT2D eigenvalue weighted by Crippen LogP contribution is -2.27. The fourth-order valence-electron chi connectivity index (χ4n) is 3.47. The van der Waals surface area contributed by atoms with E-state index in [0.717, 1.165) is 30.3 Å². The summed E-state index contributed by atoms with van der Waals surface area (Å²) in [5.41, 5.74) is 2.72. The molecule has 0 bridgehead atoms. The van der Waals surface area contributed by atoms with Crippen molar-refractivity contribution in [2.75, 3.05) is 28.6 Å². The molecular formula is C22H25N7O2. The fraction of sp³-hybridized carbons (Fsp3) is 0.318. The van der Waals surface area contributed by atoms with Crippen LogP contribution in [0.5, 0.6) is 0 Å². The smallest absolute Gasteiger partial charge is 0.253 e. The summed E-state index contributed by atoms with van der Waals surface area (Å²) in [5, 5.41) is 6.01. The molecule has 2 aromatic heterocycles. The normalized spacial score (nSPS) is 13.3. The Labute approximate surface area is 180 Å². The lowest BCUT2D eigenvalue weighted by molar-refractivity contribution is -0.116. The number of rotatable bonds is 6. The van der Waals surface area contributed by atoms with Gasteiger partial charge in [0.05, 0.1) is 6.33 Å². The van der Waals surface area contributed by atoms with Crippen molar-refractivity contribution in [3.63, 3.8) is 0 Å². The van der Waals surface area contributed by atoms with Crippen LogP contribution >= 0.6 is 0 Å². The van der Waals surface area contributed by atoms with Crippen LogP contribution in [0.4, 0.5) is 23.1 Å². The van der Waals surface area contributed by atoms with Gasteiger partial charge in [0, 0.05) is 48.0 Å². The largest absolute Gasteiger partial charge is 0.356 e. The summed E-state index contributed by atoms with van der Waals surface area (Å²) in [6.45, 7) is 5.64. The van der Waals surface area contributed by atoms with Gasteiger partial charge < -0.3 is 15.5 Å². The molecule has 1 fully saturated rings. The van der Waals surface area contributed by atoms with E-state index in [0.29, 0.717) is 17.3 Å². The Balaban J connectivity index is 1.39. The molecule has 0 aliphatic carbocycles. The molecule has 3 aromatic rings. The molecule has 1 amide bonds. The maximum atomic E-state index is 12.3. The standard InChI is InChI=1S/C22H25N7O2/c1-15-12-21(31)29(14-23-15)13-20(30)25-17-5-7-18(8-6-17)26-22-24-16(2)11-19(27-22)28-9-3-4-10-28/h5-8,11-12,14H,3-4,9-10,13H2,1-2H3,(H,25,30)(H,24,26,27). The quantitative estimate of drug-likeness (QED) is 0.633. The summed E-state index contributed by atoms with van der Waals surface area (Å²) in [6.07, 6.45) is 3.75. The zero-order valence-corrected chi connectivity index (χ0v) is 17.6. The van der Waals surface area contributed by atoms with Gasteiger partial charge in [-0.1, -0.05) is 0 Å². The van der Waals surface area contributed by atoms with Crippen LogP contribution in [0.15, 0.2) is 47.5 Å². The zero-order chi connectivity index (χ0) is 21.8. The van der Waals surface area contributed by atoms with Crippen LogP contribution in [0.3, 0.4) is 0 Å². The van der Waals surface area contributed by atoms with Crippen molar-refractivity contribution in [3.05, 3.63) is 64.5 Å². The van der Waals surface area contributed by atoms with Crippen molar-refractivity contribution in [2.24, 2.45) is 0 Å². The highest BCUT2D eigenvalue weighted by atomic mass is 16.2. The molecule has 9 heteroatoms. The van der Waals surface area contributed by atoms with Crippen LogP contribution in [0.1, 0.15) is 24.2 Å². The molecular weight excluding hydrogens is 394 g/mol. The summed E-state index contributed by atoms with van der Waals surface area (Å²) in [7, 11) is 0. The van der Waals surface area contributed by atoms with Crippen LogP contribution in [0, 0.1) is 13.8 Å².